The van der Waals surface area contributed by atoms with Gasteiger partial charge in [-0.2, -0.15) is 0 Å². The summed E-state index contributed by atoms with van der Waals surface area (Å²) in [7, 11) is 0. The largest absolute Gasteiger partial charge is 0.302 e. The lowest BCUT2D eigenvalue weighted by Gasteiger charge is -2.40. The number of aromatic nitrogens is 1. The first-order chi connectivity index (χ1) is 31.7. The van der Waals surface area contributed by atoms with Gasteiger partial charge in [0.1, 0.15) is 5.69 Å². The summed E-state index contributed by atoms with van der Waals surface area (Å²) in [6, 6.07) is 85.9. The van der Waals surface area contributed by atoms with Crippen LogP contribution in [0.5, 0.6) is 0 Å². The Hall–Kier alpha value is -7.92. The van der Waals surface area contributed by atoms with Gasteiger partial charge in [-0.1, -0.05) is 200 Å². The van der Waals surface area contributed by atoms with Gasteiger partial charge < -0.3 is 4.57 Å². The maximum atomic E-state index is 3.66. The van der Waals surface area contributed by atoms with Crippen molar-refractivity contribution in [3.8, 4) is 50.2 Å². The number of fused-ring (bicyclic) bond motifs is 12. The molecule has 1 nitrogen and oxygen atoms in total. The van der Waals surface area contributed by atoms with Crippen LogP contribution in [0.25, 0.3) is 72.7 Å². The van der Waals surface area contributed by atoms with Gasteiger partial charge >= 0.3 is 0 Å². The summed E-state index contributed by atoms with van der Waals surface area (Å²) in [6.07, 6.45) is 5.38. The second kappa shape index (κ2) is 14.6. The van der Waals surface area contributed by atoms with E-state index in [-0.39, 0.29) is 5.92 Å². The number of nitrogens with zero attached hydrogens (tertiary/aromatic N) is 1. The molecule has 3 aliphatic rings. The number of hydrogen-bond donors (Lipinski definition) is 0. The van der Waals surface area contributed by atoms with Crippen molar-refractivity contribution in [2.45, 2.75) is 30.6 Å². The molecule has 64 heavy (non-hydrogen) atoms. The van der Waals surface area contributed by atoms with Gasteiger partial charge in [0.2, 0.25) is 0 Å². The summed E-state index contributed by atoms with van der Waals surface area (Å²) < 4.78 is 2.49. The van der Waals surface area contributed by atoms with Gasteiger partial charge in [-0.15, -0.1) is 0 Å². The molecule has 2 aliphatic carbocycles. The Morgan fingerprint density at radius 1 is 0.500 bits per heavy atom. The minimum atomic E-state index is -0.441. The third kappa shape index (κ3) is 5.52. The Morgan fingerprint density at radius 2 is 1.08 bits per heavy atom. The fraction of sp³-hybridized carbons (Fsp3) is 0.0794. The van der Waals surface area contributed by atoms with Crippen LogP contribution in [0, 0.1) is 12.1 Å². The third-order valence-electron chi connectivity index (χ3n) is 14.4. The van der Waals surface area contributed by atoms with E-state index in [1.807, 2.05) is 0 Å². The summed E-state index contributed by atoms with van der Waals surface area (Å²) in [5.74, 6) is 0.187. The number of rotatable bonds is 7. The average Bonchev–Trinajstić information content (AvgIpc) is 3.87. The predicted octanol–water partition coefficient (Wildman–Crippen LogP) is 13.7. The maximum absolute atomic E-state index is 3.66. The van der Waals surface area contributed by atoms with E-state index in [0.717, 1.165) is 24.9 Å². The second-order valence-electron chi connectivity index (χ2n) is 17.7. The van der Waals surface area contributed by atoms with E-state index in [2.05, 4.69) is 235 Å². The smallest absolute Gasteiger partial charge is 0.102 e. The summed E-state index contributed by atoms with van der Waals surface area (Å²) in [4.78, 5) is 0. The molecule has 1 aliphatic heterocycles. The molecule has 10 aromatic rings. The van der Waals surface area contributed by atoms with Crippen LogP contribution in [-0.2, 0) is 11.8 Å². The molecule has 0 saturated heterocycles. The van der Waals surface area contributed by atoms with Crippen LogP contribution in [0.3, 0.4) is 0 Å². The molecule has 0 N–H and O–H groups in total. The number of benzene rings is 8. The lowest BCUT2D eigenvalue weighted by Crippen LogP contribution is -2.46. The molecule has 0 saturated carbocycles. The van der Waals surface area contributed by atoms with E-state index >= 15 is 0 Å². The quantitative estimate of drug-likeness (QED) is 0.151. The highest BCUT2D eigenvalue weighted by atomic mass is 15.0. The molecule has 1 aromatic heterocycles. The zero-order valence-electron chi connectivity index (χ0n) is 35.4. The highest BCUT2D eigenvalue weighted by Crippen LogP contribution is 2.60. The molecule has 1 spiro atoms. The van der Waals surface area contributed by atoms with Crippen LogP contribution >= 0.6 is 0 Å². The summed E-state index contributed by atoms with van der Waals surface area (Å²) in [5, 5.41) is 4.00. The van der Waals surface area contributed by atoms with Gasteiger partial charge in [0.25, 0.3) is 0 Å². The molecule has 300 valence electrons. The third-order valence-corrected chi connectivity index (χ3v) is 14.4. The first-order valence-corrected chi connectivity index (χ1v) is 22.6. The maximum Gasteiger partial charge on any atom is 0.102 e. The SMILES string of the molecule is c1ccc2c(c#1)-n1c3c(c4ccccc41)=CCCC=3C21c2ccccc2-c2ccc(-c3ccc(C(Cc4ccc(-c5ccccc5)cc4)c4ccc(-c5ccccc5)cc4)cc3)cc21. The lowest BCUT2D eigenvalue weighted by molar-refractivity contribution is 0.734. The molecule has 0 fully saturated rings. The van der Waals surface area contributed by atoms with Gasteiger partial charge in [0, 0.05) is 22.1 Å². The highest BCUT2D eigenvalue weighted by Gasteiger charge is 2.51. The van der Waals surface area contributed by atoms with E-state index in [1.165, 1.54) is 105 Å². The van der Waals surface area contributed by atoms with E-state index in [1.54, 1.807) is 0 Å². The molecule has 2 unspecified atom stereocenters. The predicted molar refractivity (Wildman–Crippen MR) is 264 cm³/mol. The van der Waals surface area contributed by atoms with Crippen molar-refractivity contribution < 1.29 is 0 Å². The number of para-hydroxylation sites is 1. The normalized spacial score (nSPS) is 15.7. The highest BCUT2D eigenvalue weighted by molar-refractivity contribution is 5.97. The number of hydrogen-bond acceptors (Lipinski definition) is 0. The molecule has 2 atom stereocenters. The van der Waals surface area contributed by atoms with E-state index in [0.29, 0.717) is 0 Å². The monoisotopic (exact) mass is 813 g/mol. The molecule has 0 radical (unpaired) electrons. The van der Waals surface area contributed by atoms with Crippen LogP contribution < -0.4 is 10.6 Å². The Labute approximate surface area is 374 Å². The van der Waals surface area contributed by atoms with Gasteiger partial charge in [-0.05, 0) is 127 Å². The van der Waals surface area contributed by atoms with E-state index in [4.69, 9.17) is 0 Å². The van der Waals surface area contributed by atoms with Crippen molar-refractivity contribution in [2.75, 3.05) is 0 Å². The van der Waals surface area contributed by atoms with Crippen molar-refractivity contribution in [3.05, 3.63) is 268 Å². The Balaban J connectivity index is 0.930. The molecule has 1 heteroatoms. The van der Waals surface area contributed by atoms with Crippen molar-refractivity contribution in [3.63, 3.8) is 0 Å². The van der Waals surface area contributed by atoms with Crippen LogP contribution in [-0.4, -0.2) is 4.57 Å². The average molecular weight is 814 g/mol. The molecule has 13 rings (SSSR count). The minimum Gasteiger partial charge on any atom is -0.302 e. The topological polar surface area (TPSA) is 4.93 Å². The first-order valence-electron chi connectivity index (χ1n) is 22.6. The lowest BCUT2D eigenvalue weighted by atomic mass is 9.63. The van der Waals surface area contributed by atoms with Crippen LogP contribution in [0.1, 0.15) is 52.1 Å². The zero-order valence-corrected chi connectivity index (χ0v) is 35.4. The van der Waals surface area contributed by atoms with Crippen LogP contribution in [0.4, 0.5) is 0 Å². The summed E-state index contributed by atoms with van der Waals surface area (Å²) >= 11 is 0. The molecule has 0 bridgehead atoms. The molecule has 0 amide bonds. The van der Waals surface area contributed by atoms with Gasteiger partial charge in [0.15, 0.2) is 0 Å². The van der Waals surface area contributed by atoms with Crippen molar-refractivity contribution >= 4 is 22.6 Å². The minimum absolute atomic E-state index is 0.187. The molecule has 9 aromatic carbocycles. The fourth-order valence-electron chi connectivity index (χ4n) is 11.5. The second-order valence-corrected chi connectivity index (χ2v) is 17.7. The standard InChI is InChI=1S/C63H43N/c1-3-14-43(15-4-1)45-28-26-42(27-29-45)40-55(48-34-30-46(31-35-48)44-16-5-2-6-17-44)49-36-32-47(33-37-49)50-38-39-52-51-18-7-9-21-56(51)63(59(52)41-50)57-22-10-12-25-61(57)64-60-24-11-8-19-53(60)54-20-13-23-58(63)62(54)64/h1-11,14-22,24,26-39,41,55H,13,23,40H2. The van der Waals surface area contributed by atoms with Crippen molar-refractivity contribution in [1.82, 2.24) is 4.57 Å². The molecule has 2 heterocycles. The van der Waals surface area contributed by atoms with Crippen molar-refractivity contribution in [2.24, 2.45) is 0 Å². The van der Waals surface area contributed by atoms with Crippen molar-refractivity contribution in [1.29, 1.82) is 0 Å². The summed E-state index contributed by atoms with van der Waals surface area (Å²) in [6.45, 7) is 0. The Bertz CT molecular complexity index is 3540. The Kier molecular flexibility index (Phi) is 8.37. The van der Waals surface area contributed by atoms with Gasteiger partial charge in [-0.25, -0.2) is 0 Å². The van der Waals surface area contributed by atoms with Crippen LogP contribution in [0.2, 0.25) is 0 Å². The first kappa shape index (κ1) is 36.7. The molecular weight excluding hydrogens is 771 g/mol. The van der Waals surface area contributed by atoms with E-state index in [9.17, 15) is 0 Å². The van der Waals surface area contributed by atoms with Gasteiger partial charge in [0.05, 0.1) is 16.3 Å². The van der Waals surface area contributed by atoms with Gasteiger partial charge in [-0.3, -0.25) is 0 Å². The summed E-state index contributed by atoms with van der Waals surface area (Å²) in [5.41, 5.74) is 21.5. The zero-order chi connectivity index (χ0) is 42.2. The fourth-order valence-corrected chi connectivity index (χ4v) is 11.5. The molecular formula is C63H43N. The van der Waals surface area contributed by atoms with Crippen LogP contribution in [0.15, 0.2) is 212 Å². The van der Waals surface area contributed by atoms with E-state index < -0.39 is 5.41 Å². The Morgan fingerprint density at radius 3 is 1.80 bits per heavy atom.